The van der Waals surface area contributed by atoms with E-state index in [2.05, 4.69) is 50.4 Å². The van der Waals surface area contributed by atoms with Crippen LogP contribution in [0, 0.1) is 12.8 Å². The second-order valence-corrected chi connectivity index (χ2v) is 6.02. The first kappa shape index (κ1) is 15.5. The van der Waals surface area contributed by atoms with E-state index in [-0.39, 0.29) is 0 Å². The molecular formula is C18H29NO. The molecule has 0 amide bonds. The van der Waals surface area contributed by atoms with Crippen LogP contribution in [-0.2, 0) is 11.2 Å². The summed E-state index contributed by atoms with van der Waals surface area (Å²) in [7, 11) is 0. The minimum Gasteiger partial charge on any atom is -0.378 e. The summed E-state index contributed by atoms with van der Waals surface area (Å²) in [6, 6.07) is 9.52. The van der Waals surface area contributed by atoms with E-state index in [4.69, 9.17) is 4.74 Å². The second-order valence-electron chi connectivity index (χ2n) is 6.02. The van der Waals surface area contributed by atoms with Crippen molar-refractivity contribution in [1.82, 2.24) is 5.32 Å². The molecule has 3 unspecified atom stereocenters. The van der Waals surface area contributed by atoms with Gasteiger partial charge in [-0.05, 0) is 44.7 Å². The van der Waals surface area contributed by atoms with Gasteiger partial charge >= 0.3 is 0 Å². The summed E-state index contributed by atoms with van der Waals surface area (Å²) in [4.78, 5) is 0. The average Bonchev–Trinajstić information content (AvgIpc) is 2.94. The Kier molecular flexibility index (Phi) is 6.06. The van der Waals surface area contributed by atoms with Gasteiger partial charge in [0, 0.05) is 18.6 Å². The van der Waals surface area contributed by atoms with Crippen molar-refractivity contribution < 1.29 is 4.74 Å². The molecule has 1 aliphatic heterocycles. The zero-order valence-electron chi connectivity index (χ0n) is 13.2. The van der Waals surface area contributed by atoms with Crippen LogP contribution < -0.4 is 5.32 Å². The molecule has 0 radical (unpaired) electrons. The quantitative estimate of drug-likeness (QED) is 0.819. The Morgan fingerprint density at radius 1 is 1.25 bits per heavy atom. The number of rotatable bonds is 7. The van der Waals surface area contributed by atoms with E-state index in [1.807, 2.05) is 0 Å². The summed E-state index contributed by atoms with van der Waals surface area (Å²) in [5.41, 5.74) is 2.77. The first-order chi connectivity index (χ1) is 9.74. The highest BCUT2D eigenvalue weighted by Gasteiger charge is 2.33. The van der Waals surface area contributed by atoms with Crippen LogP contribution in [0.5, 0.6) is 0 Å². The molecule has 0 bridgehead atoms. The molecule has 1 aromatic carbocycles. The maximum Gasteiger partial charge on any atom is 0.0616 e. The monoisotopic (exact) mass is 275 g/mol. The standard InChI is InChI=1S/C18H29NO/c1-4-11-19-17(16-10-12-20-18(16)5-2)13-15-8-6-14(3)7-9-15/h6-9,16-19H,4-5,10-13H2,1-3H3. The van der Waals surface area contributed by atoms with Gasteiger partial charge < -0.3 is 10.1 Å². The Bertz CT molecular complexity index is 387. The first-order valence-electron chi connectivity index (χ1n) is 8.15. The van der Waals surface area contributed by atoms with Crippen molar-refractivity contribution >= 4 is 0 Å². The van der Waals surface area contributed by atoms with Crippen LogP contribution >= 0.6 is 0 Å². The van der Waals surface area contributed by atoms with Crippen molar-refractivity contribution in [1.29, 1.82) is 0 Å². The molecule has 0 aliphatic carbocycles. The highest BCUT2D eigenvalue weighted by Crippen LogP contribution is 2.28. The van der Waals surface area contributed by atoms with Crippen molar-refractivity contribution in [3.8, 4) is 0 Å². The van der Waals surface area contributed by atoms with Crippen LogP contribution in [0.2, 0.25) is 0 Å². The SMILES string of the molecule is CCCNC(Cc1ccc(C)cc1)C1CCOC1CC. The van der Waals surface area contributed by atoms with Crippen molar-refractivity contribution in [2.45, 2.75) is 58.6 Å². The number of hydrogen-bond acceptors (Lipinski definition) is 2. The van der Waals surface area contributed by atoms with E-state index in [1.54, 1.807) is 0 Å². The summed E-state index contributed by atoms with van der Waals surface area (Å²) in [5.74, 6) is 0.660. The van der Waals surface area contributed by atoms with Gasteiger partial charge in [-0.2, -0.15) is 0 Å². The lowest BCUT2D eigenvalue weighted by Gasteiger charge is -2.28. The summed E-state index contributed by atoms with van der Waals surface area (Å²) in [6.07, 6.45) is 5.07. The van der Waals surface area contributed by atoms with E-state index in [9.17, 15) is 0 Å². The molecule has 1 fully saturated rings. The number of hydrogen-bond donors (Lipinski definition) is 1. The maximum absolute atomic E-state index is 5.89. The number of benzene rings is 1. The van der Waals surface area contributed by atoms with Gasteiger partial charge in [0.25, 0.3) is 0 Å². The van der Waals surface area contributed by atoms with Gasteiger partial charge in [-0.3, -0.25) is 0 Å². The predicted octanol–water partition coefficient (Wildman–Crippen LogP) is 3.72. The van der Waals surface area contributed by atoms with Crippen molar-refractivity contribution in [3.63, 3.8) is 0 Å². The molecule has 1 aliphatic rings. The van der Waals surface area contributed by atoms with Gasteiger partial charge in [0.15, 0.2) is 0 Å². The Morgan fingerprint density at radius 3 is 2.65 bits per heavy atom. The molecule has 1 aromatic rings. The zero-order chi connectivity index (χ0) is 14.4. The highest BCUT2D eigenvalue weighted by atomic mass is 16.5. The van der Waals surface area contributed by atoms with Crippen LogP contribution in [0.3, 0.4) is 0 Å². The number of nitrogens with one attached hydrogen (secondary N) is 1. The second kappa shape index (κ2) is 7.80. The molecule has 0 saturated carbocycles. The van der Waals surface area contributed by atoms with Crippen LogP contribution in [-0.4, -0.2) is 25.3 Å². The molecule has 112 valence electrons. The highest BCUT2D eigenvalue weighted by molar-refractivity contribution is 5.22. The third-order valence-corrected chi connectivity index (χ3v) is 4.41. The van der Waals surface area contributed by atoms with Crippen LogP contribution in [0.25, 0.3) is 0 Å². The topological polar surface area (TPSA) is 21.3 Å². The van der Waals surface area contributed by atoms with E-state index in [0.29, 0.717) is 18.1 Å². The summed E-state index contributed by atoms with van der Waals surface area (Å²) in [6.45, 7) is 8.66. The molecule has 2 rings (SSSR count). The van der Waals surface area contributed by atoms with E-state index in [1.165, 1.54) is 24.0 Å². The summed E-state index contributed by atoms with van der Waals surface area (Å²) in [5, 5.41) is 3.76. The van der Waals surface area contributed by atoms with Gasteiger partial charge in [0.2, 0.25) is 0 Å². The van der Waals surface area contributed by atoms with Gasteiger partial charge in [0.1, 0.15) is 0 Å². The van der Waals surface area contributed by atoms with E-state index in [0.717, 1.165) is 26.0 Å². The molecule has 3 atom stereocenters. The number of aryl methyl sites for hydroxylation is 1. The smallest absolute Gasteiger partial charge is 0.0616 e. The minimum atomic E-state index is 0.440. The van der Waals surface area contributed by atoms with Gasteiger partial charge in [-0.1, -0.05) is 43.7 Å². The van der Waals surface area contributed by atoms with Crippen LogP contribution in [0.15, 0.2) is 24.3 Å². The minimum absolute atomic E-state index is 0.440. The molecule has 0 aromatic heterocycles. The van der Waals surface area contributed by atoms with Crippen molar-refractivity contribution in [2.75, 3.05) is 13.2 Å². The lowest BCUT2D eigenvalue weighted by molar-refractivity contribution is 0.0775. The third-order valence-electron chi connectivity index (χ3n) is 4.41. The largest absolute Gasteiger partial charge is 0.378 e. The fraction of sp³-hybridized carbons (Fsp3) is 0.667. The number of ether oxygens (including phenoxy) is 1. The molecule has 20 heavy (non-hydrogen) atoms. The molecule has 1 saturated heterocycles. The predicted molar refractivity (Wildman–Crippen MR) is 85.1 cm³/mol. The average molecular weight is 275 g/mol. The Hall–Kier alpha value is -0.860. The van der Waals surface area contributed by atoms with Crippen molar-refractivity contribution in [3.05, 3.63) is 35.4 Å². The lowest BCUT2D eigenvalue weighted by Crippen LogP contribution is -2.41. The molecule has 2 heteroatoms. The Morgan fingerprint density at radius 2 is 2.00 bits per heavy atom. The van der Waals surface area contributed by atoms with E-state index >= 15 is 0 Å². The fourth-order valence-corrected chi connectivity index (χ4v) is 3.23. The third kappa shape index (κ3) is 4.07. The van der Waals surface area contributed by atoms with Crippen LogP contribution in [0.1, 0.15) is 44.2 Å². The molecular weight excluding hydrogens is 246 g/mol. The fourth-order valence-electron chi connectivity index (χ4n) is 3.23. The maximum atomic E-state index is 5.89. The van der Waals surface area contributed by atoms with Crippen LogP contribution in [0.4, 0.5) is 0 Å². The molecule has 0 spiro atoms. The summed E-state index contributed by atoms with van der Waals surface area (Å²) >= 11 is 0. The zero-order valence-corrected chi connectivity index (χ0v) is 13.2. The van der Waals surface area contributed by atoms with Gasteiger partial charge in [-0.15, -0.1) is 0 Å². The summed E-state index contributed by atoms with van der Waals surface area (Å²) < 4.78 is 5.89. The Labute approximate surface area is 123 Å². The molecule has 2 nitrogen and oxygen atoms in total. The van der Waals surface area contributed by atoms with Crippen molar-refractivity contribution in [2.24, 2.45) is 5.92 Å². The first-order valence-corrected chi connectivity index (χ1v) is 8.15. The lowest BCUT2D eigenvalue weighted by atomic mass is 9.87. The molecule has 1 N–H and O–H groups in total. The van der Waals surface area contributed by atoms with E-state index < -0.39 is 0 Å². The normalized spacial score (nSPS) is 23.9. The van der Waals surface area contributed by atoms with Gasteiger partial charge in [0.05, 0.1) is 6.10 Å². The Balaban J connectivity index is 2.04. The van der Waals surface area contributed by atoms with Gasteiger partial charge in [-0.25, -0.2) is 0 Å². The molecule has 1 heterocycles.